The van der Waals surface area contributed by atoms with Crippen molar-refractivity contribution in [3.8, 4) is 0 Å². The van der Waals surface area contributed by atoms with Gasteiger partial charge in [0.15, 0.2) is 6.10 Å². The summed E-state index contributed by atoms with van der Waals surface area (Å²) >= 11 is 0. The number of carboxylic acid groups (broad SMARTS) is 1. The maximum Gasteiger partial charge on any atom is 0.472 e. The SMILES string of the molecule is CC/C=C/C/C=C/C/C=C/C/C=C/CCCCC(=O)O[C@H](COC(=O)CCCCCCCCC/C=C/CCCCCC)COP(=O)(O)OC[C@H](N)C(=O)O. The molecule has 0 heterocycles. The van der Waals surface area contributed by atoms with Crippen molar-refractivity contribution in [1.29, 1.82) is 0 Å². The number of phosphoric acid groups is 1. The number of unbranched alkanes of at least 4 members (excludes halogenated alkanes) is 13. The van der Waals surface area contributed by atoms with Gasteiger partial charge in [0.25, 0.3) is 0 Å². The molecule has 0 spiro atoms. The van der Waals surface area contributed by atoms with E-state index in [1.54, 1.807) is 0 Å². The third-order valence-corrected chi connectivity index (χ3v) is 9.20. The zero-order valence-corrected chi connectivity index (χ0v) is 34.2. The highest BCUT2D eigenvalue weighted by Gasteiger charge is 2.28. The second kappa shape index (κ2) is 37.1. The Labute approximate surface area is 326 Å². The van der Waals surface area contributed by atoms with Gasteiger partial charge >= 0.3 is 25.7 Å². The molecular weight excluding hydrogens is 709 g/mol. The van der Waals surface area contributed by atoms with Gasteiger partial charge in [-0.2, -0.15) is 0 Å². The van der Waals surface area contributed by atoms with Gasteiger partial charge in [-0.3, -0.25) is 23.4 Å². The van der Waals surface area contributed by atoms with Crippen molar-refractivity contribution in [2.75, 3.05) is 19.8 Å². The van der Waals surface area contributed by atoms with Crippen LogP contribution in [0.4, 0.5) is 0 Å². The monoisotopic (exact) mass is 781 g/mol. The van der Waals surface area contributed by atoms with E-state index in [1.165, 1.54) is 51.4 Å². The average Bonchev–Trinajstić information content (AvgIpc) is 3.14. The Morgan fingerprint density at radius 1 is 0.593 bits per heavy atom. The van der Waals surface area contributed by atoms with E-state index < -0.39 is 51.1 Å². The first-order chi connectivity index (χ1) is 26.1. The Morgan fingerprint density at radius 3 is 1.61 bits per heavy atom. The molecule has 0 aliphatic heterocycles. The molecular formula is C42H72NO10P. The summed E-state index contributed by atoms with van der Waals surface area (Å²) in [5.41, 5.74) is 5.32. The number of hydrogen-bond acceptors (Lipinski definition) is 9. The number of allylic oxidation sites excluding steroid dienone is 10. The Bertz CT molecular complexity index is 1150. The minimum Gasteiger partial charge on any atom is -0.480 e. The van der Waals surface area contributed by atoms with Crippen LogP contribution in [0.3, 0.4) is 0 Å². The molecule has 310 valence electrons. The van der Waals surface area contributed by atoms with Crippen LogP contribution in [0.1, 0.15) is 155 Å². The number of hydrogen-bond donors (Lipinski definition) is 3. The zero-order valence-electron chi connectivity index (χ0n) is 33.3. The molecule has 0 radical (unpaired) electrons. The second-order valence-electron chi connectivity index (χ2n) is 13.4. The second-order valence-corrected chi connectivity index (χ2v) is 14.8. The topological polar surface area (TPSA) is 172 Å². The lowest BCUT2D eigenvalue weighted by Gasteiger charge is -2.20. The first-order valence-electron chi connectivity index (χ1n) is 20.3. The highest BCUT2D eigenvalue weighted by molar-refractivity contribution is 7.47. The first kappa shape index (κ1) is 51.2. The molecule has 0 aromatic carbocycles. The van der Waals surface area contributed by atoms with Gasteiger partial charge in [0.1, 0.15) is 12.6 Å². The highest BCUT2D eigenvalue weighted by atomic mass is 31.2. The van der Waals surface area contributed by atoms with E-state index in [4.69, 9.17) is 24.8 Å². The molecule has 54 heavy (non-hydrogen) atoms. The molecule has 12 heteroatoms. The summed E-state index contributed by atoms with van der Waals surface area (Å²) in [4.78, 5) is 45.8. The van der Waals surface area contributed by atoms with E-state index in [2.05, 4.69) is 79.1 Å². The predicted molar refractivity (Wildman–Crippen MR) is 217 cm³/mol. The van der Waals surface area contributed by atoms with Gasteiger partial charge < -0.3 is 25.2 Å². The van der Waals surface area contributed by atoms with Gasteiger partial charge in [-0.1, -0.05) is 126 Å². The molecule has 0 aliphatic rings. The standard InChI is InChI=1S/C42H72NO10P/c1-3-5-7-9-11-13-15-17-19-21-23-25-27-29-31-33-40(44)50-35-38(36-51-54(48,49)52-37-39(43)42(46)47)53-41(45)34-32-30-28-26-24-22-20-18-16-14-12-10-8-6-4-2/h6,8,12-15,18,20,24,26,38-39H,3-5,7,9-11,16-17,19,21-23,25,27-37,43H2,1-2H3,(H,46,47)(H,48,49)/b8-6+,14-12+,15-13+,20-18+,26-24+/t38-,39+/m1/s1. The summed E-state index contributed by atoms with van der Waals surface area (Å²) in [6.45, 7) is 2.61. The van der Waals surface area contributed by atoms with Crippen molar-refractivity contribution in [2.45, 2.75) is 167 Å². The van der Waals surface area contributed by atoms with Crippen molar-refractivity contribution in [3.63, 3.8) is 0 Å². The maximum absolute atomic E-state index is 12.6. The fourth-order valence-electron chi connectivity index (χ4n) is 5.05. The summed E-state index contributed by atoms with van der Waals surface area (Å²) in [6.07, 6.45) is 41.5. The van der Waals surface area contributed by atoms with Gasteiger partial charge in [-0.05, 0) is 77.0 Å². The van der Waals surface area contributed by atoms with Crippen molar-refractivity contribution in [3.05, 3.63) is 60.8 Å². The molecule has 0 aromatic heterocycles. The molecule has 0 saturated heterocycles. The Hall–Kier alpha value is -2.82. The summed E-state index contributed by atoms with van der Waals surface area (Å²) < 4.78 is 32.6. The lowest BCUT2D eigenvalue weighted by atomic mass is 10.1. The summed E-state index contributed by atoms with van der Waals surface area (Å²) in [5, 5.41) is 8.87. The summed E-state index contributed by atoms with van der Waals surface area (Å²) in [6, 6.07) is -1.53. The lowest BCUT2D eigenvalue weighted by Crippen LogP contribution is -2.34. The number of rotatable bonds is 37. The molecule has 11 nitrogen and oxygen atoms in total. The molecule has 0 saturated carbocycles. The van der Waals surface area contributed by atoms with Crippen molar-refractivity contribution >= 4 is 25.7 Å². The van der Waals surface area contributed by atoms with Crippen molar-refractivity contribution in [2.24, 2.45) is 5.73 Å². The van der Waals surface area contributed by atoms with Crippen LogP contribution in [0.5, 0.6) is 0 Å². The molecule has 4 N–H and O–H groups in total. The first-order valence-corrected chi connectivity index (χ1v) is 21.8. The molecule has 0 fully saturated rings. The molecule has 0 amide bonds. The van der Waals surface area contributed by atoms with Crippen LogP contribution < -0.4 is 5.73 Å². The third kappa shape index (κ3) is 36.2. The Balaban J connectivity index is 4.49. The van der Waals surface area contributed by atoms with Crippen LogP contribution in [0.15, 0.2) is 60.8 Å². The third-order valence-electron chi connectivity index (χ3n) is 8.25. The van der Waals surface area contributed by atoms with E-state index in [0.717, 1.165) is 64.2 Å². The van der Waals surface area contributed by atoms with Gasteiger partial charge in [0.2, 0.25) is 0 Å². The quantitative estimate of drug-likeness (QED) is 0.0237. The largest absolute Gasteiger partial charge is 0.480 e. The smallest absolute Gasteiger partial charge is 0.472 e. The Kier molecular flexibility index (Phi) is 35.2. The van der Waals surface area contributed by atoms with Crippen LogP contribution in [0.2, 0.25) is 0 Å². The van der Waals surface area contributed by atoms with E-state index in [1.807, 2.05) is 0 Å². The molecule has 3 atom stereocenters. The molecule has 0 bridgehead atoms. The normalized spacial score (nSPS) is 14.4. The van der Waals surface area contributed by atoms with Crippen LogP contribution in [0.25, 0.3) is 0 Å². The minimum absolute atomic E-state index is 0.106. The number of carboxylic acids is 1. The summed E-state index contributed by atoms with van der Waals surface area (Å²) in [5.74, 6) is -2.45. The average molecular weight is 782 g/mol. The van der Waals surface area contributed by atoms with Gasteiger partial charge in [-0.25, -0.2) is 4.57 Å². The number of esters is 2. The van der Waals surface area contributed by atoms with Crippen molar-refractivity contribution in [1.82, 2.24) is 0 Å². The van der Waals surface area contributed by atoms with E-state index in [0.29, 0.717) is 12.8 Å². The number of ether oxygens (including phenoxy) is 2. The van der Waals surface area contributed by atoms with Gasteiger partial charge in [0, 0.05) is 12.8 Å². The number of aliphatic carboxylic acids is 1. The Morgan fingerprint density at radius 2 is 1.04 bits per heavy atom. The molecule has 0 rings (SSSR count). The zero-order chi connectivity index (χ0) is 40.0. The fourth-order valence-corrected chi connectivity index (χ4v) is 5.83. The van der Waals surface area contributed by atoms with Crippen LogP contribution in [-0.2, 0) is 37.5 Å². The fraction of sp³-hybridized carbons (Fsp3) is 0.690. The number of nitrogens with two attached hydrogens (primary N) is 1. The molecule has 0 aromatic rings. The lowest BCUT2D eigenvalue weighted by molar-refractivity contribution is -0.161. The molecule has 1 unspecified atom stereocenters. The van der Waals surface area contributed by atoms with Gasteiger partial charge in [-0.15, -0.1) is 0 Å². The van der Waals surface area contributed by atoms with Gasteiger partial charge in [0.05, 0.1) is 13.2 Å². The van der Waals surface area contributed by atoms with Crippen LogP contribution in [0, 0.1) is 0 Å². The number of phosphoric ester groups is 1. The van der Waals surface area contributed by atoms with Crippen LogP contribution >= 0.6 is 7.82 Å². The predicted octanol–water partition coefficient (Wildman–Crippen LogP) is 10.4. The van der Waals surface area contributed by atoms with E-state index >= 15 is 0 Å². The van der Waals surface area contributed by atoms with Crippen LogP contribution in [-0.4, -0.2) is 59.9 Å². The number of carbonyl (C=O) groups is 3. The van der Waals surface area contributed by atoms with E-state index in [9.17, 15) is 23.8 Å². The van der Waals surface area contributed by atoms with E-state index in [-0.39, 0.29) is 19.4 Å². The number of carbonyl (C=O) groups excluding carboxylic acids is 2. The summed E-state index contributed by atoms with van der Waals surface area (Å²) in [7, 11) is -4.73. The minimum atomic E-state index is -4.73. The highest BCUT2D eigenvalue weighted by Crippen LogP contribution is 2.43. The maximum atomic E-state index is 12.6. The van der Waals surface area contributed by atoms with Crippen molar-refractivity contribution < 1.29 is 47.5 Å². The molecule has 0 aliphatic carbocycles.